The molecule has 1 heterocycles. The van der Waals surface area contributed by atoms with Gasteiger partial charge in [-0.2, -0.15) is 0 Å². The number of thiocarbonyl (C=S) groups is 1. The summed E-state index contributed by atoms with van der Waals surface area (Å²) in [6.07, 6.45) is 0. The molecule has 0 saturated heterocycles. The first-order valence-corrected chi connectivity index (χ1v) is 10.6. The zero-order valence-corrected chi connectivity index (χ0v) is 19.0. The summed E-state index contributed by atoms with van der Waals surface area (Å²) >= 11 is 5.31. The number of aryl methyl sites for hydroxylation is 2. The van der Waals surface area contributed by atoms with Gasteiger partial charge in [0, 0.05) is 11.1 Å². The predicted molar refractivity (Wildman–Crippen MR) is 132 cm³/mol. The Bertz CT molecular complexity index is 1310. The van der Waals surface area contributed by atoms with Crippen LogP contribution in [-0.2, 0) is 6.54 Å². The van der Waals surface area contributed by atoms with Crippen LogP contribution in [0.1, 0.15) is 16.7 Å². The summed E-state index contributed by atoms with van der Waals surface area (Å²) in [6, 6.07) is 21.4. The Hall–Kier alpha value is -3.71. The highest BCUT2D eigenvalue weighted by molar-refractivity contribution is 7.80. The maximum Gasteiger partial charge on any atom is 0.221 e. The molecule has 0 fully saturated rings. The zero-order chi connectivity index (χ0) is 22.7. The molecule has 7 heteroatoms. The highest BCUT2D eigenvalue weighted by Crippen LogP contribution is 2.39. The average molecular weight is 445 g/mol. The highest BCUT2D eigenvalue weighted by Gasteiger charge is 2.17. The highest BCUT2D eigenvalue weighted by atomic mass is 32.1. The molecule has 0 unspecified atom stereocenters. The van der Waals surface area contributed by atoms with Crippen molar-refractivity contribution in [3.63, 3.8) is 0 Å². The van der Waals surface area contributed by atoms with Crippen LogP contribution in [0.25, 0.3) is 10.9 Å². The van der Waals surface area contributed by atoms with E-state index in [-0.39, 0.29) is 11.0 Å². The van der Waals surface area contributed by atoms with E-state index >= 15 is 0 Å². The van der Waals surface area contributed by atoms with E-state index in [0.717, 1.165) is 27.9 Å². The number of para-hydroxylation sites is 1. The van der Waals surface area contributed by atoms with Crippen LogP contribution in [0, 0.1) is 13.8 Å². The normalized spacial score (nSPS) is 11.2. The minimum absolute atomic E-state index is 0.0584. The molecule has 32 heavy (non-hydrogen) atoms. The van der Waals surface area contributed by atoms with Crippen LogP contribution in [-0.4, -0.2) is 21.9 Å². The number of benzene rings is 3. The third kappa shape index (κ3) is 4.48. The SMILES string of the molecule is COc1ccc(NC(=S)N=Nc2c(O)n(Cc3cc(C)ccc3C)c3ccccc23)cc1. The summed E-state index contributed by atoms with van der Waals surface area (Å²) in [5, 5.41) is 23.5. The summed E-state index contributed by atoms with van der Waals surface area (Å²) in [5.74, 6) is 0.813. The fourth-order valence-corrected chi connectivity index (χ4v) is 3.75. The van der Waals surface area contributed by atoms with Crippen LogP contribution in [0.15, 0.2) is 77.0 Å². The first kappa shape index (κ1) is 21.5. The van der Waals surface area contributed by atoms with Crippen LogP contribution in [0.2, 0.25) is 0 Å². The summed E-state index contributed by atoms with van der Waals surface area (Å²) in [4.78, 5) is 0. The lowest BCUT2D eigenvalue weighted by Gasteiger charge is -2.11. The first-order valence-electron chi connectivity index (χ1n) is 10.2. The van der Waals surface area contributed by atoms with Crippen molar-refractivity contribution < 1.29 is 9.84 Å². The molecule has 0 atom stereocenters. The lowest BCUT2D eigenvalue weighted by atomic mass is 10.1. The minimum Gasteiger partial charge on any atom is -0.497 e. The molecule has 4 aromatic rings. The molecule has 3 aromatic carbocycles. The average Bonchev–Trinajstić information content (AvgIpc) is 3.06. The fourth-order valence-electron chi connectivity index (χ4n) is 3.59. The molecule has 2 N–H and O–H groups in total. The zero-order valence-electron chi connectivity index (χ0n) is 18.2. The van der Waals surface area contributed by atoms with Crippen molar-refractivity contribution in [3.05, 3.63) is 83.4 Å². The Morgan fingerprint density at radius 3 is 2.56 bits per heavy atom. The number of hydrogen-bond acceptors (Lipinski definition) is 4. The van der Waals surface area contributed by atoms with E-state index in [2.05, 4.69) is 47.6 Å². The number of methoxy groups -OCH3 is 1. The molecule has 0 bridgehead atoms. The predicted octanol–water partition coefficient (Wildman–Crippen LogP) is 6.50. The number of fused-ring (bicyclic) bond motifs is 1. The van der Waals surface area contributed by atoms with Gasteiger partial charge in [0.05, 0.1) is 19.2 Å². The van der Waals surface area contributed by atoms with Crippen LogP contribution in [0.4, 0.5) is 11.4 Å². The molecule has 0 spiro atoms. The van der Waals surface area contributed by atoms with Gasteiger partial charge in [0.2, 0.25) is 11.0 Å². The smallest absolute Gasteiger partial charge is 0.221 e. The van der Waals surface area contributed by atoms with Gasteiger partial charge in [0.1, 0.15) is 5.75 Å². The molecule has 0 saturated carbocycles. The maximum atomic E-state index is 11.0. The molecule has 0 radical (unpaired) electrons. The molecule has 1 aromatic heterocycles. The van der Waals surface area contributed by atoms with Gasteiger partial charge in [-0.05, 0) is 67.5 Å². The Morgan fingerprint density at radius 1 is 1.06 bits per heavy atom. The van der Waals surface area contributed by atoms with Gasteiger partial charge < -0.3 is 19.7 Å². The van der Waals surface area contributed by atoms with Gasteiger partial charge in [0.25, 0.3) is 0 Å². The third-order valence-corrected chi connectivity index (χ3v) is 5.52. The van der Waals surface area contributed by atoms with E-state index in [9.17, 15) is 5.11 Å². The number of nitrogens with zero attached hydrogens (tertiary/aromatic N) is 3. The molecule has 0 aliphatic carbocycles. The van der Waals surface area contributed by atoms with E-state index in [1.54, 1.807) is 7.11 Å². The van der Waals surface area contributed by atoms with Gasteiger partial charge in [-0.1, -0.05) is 42.0 Å². The van der Waals surface area contributed by atoms with E-state index < -0.39 is 0 Å². The molecule has 0 aliphatic heterocycles. The van der Waals surface area contributed by atoms with Crippen molar-refractivity contribution in [2.75, 3.05) is 12.4 Å². The standard InChI is InChI=1S/C25H24N4O2S/c1-16-8-9-17(2)18(14-16)15-29-22-7-5-4-6-21(22)23(24(29)30)27-28-25(32)26-19-10-12-20(31-3)13-11-19/h4-14,30H,15H2,1-3H3,(H,26,32). The number of anilines is 1. The van der Waals surface area contributed by atoms with E-state index in [0.29, 0.717) is 12.2 Å². The summed E-state index contributed by atoms with van der Waals surface area (Å²) in [7, 11) is 1.62. The topological polar surface area (TPSA) is 71.1 Å². The largest absolute Gasteiger partial charge is 0.497 e. The minimum atomic E-state index is 0.0584. The first-order chi connectivity index (χ1) is 15.5. The van der Waals surface area contributed by atoms with Crippen LogP contribution in [0.5, 0.6) is 11.6 Å². The van der Waals surface area contributed by atoms with Crippen molar-refractivity contribution in [2.45, 2.75) is 20.4 Å². The summed E-state index contributed by atoms with van der Waals surface area (Å²) in [5.41, 5.74) is 5.54. The van der Waals surface area contributed by atoms with Crippen LogP contribution >= 0.6 is 12.2 Å². The number of hydrogen-bond donors (Lipinski definition) is 2. The number of aromatic hydroxyl groups is 1. The van der Waals surface area contributed by atoms with E-state index in [1.807, 2.05) is 53.1 Å². The van der Waals surface area contributed by atoms with E-state index in [4.69, 9.17) is 17.0 Å². The number of nitrogens with one attached hydrogen (secondary N) is 1. The van der Waals surface area contributed by atoms with Gasteiger partial charge >= 0.3 is 0 Å². The summed E-state index contributed by atoms with van der Waals surface area (Å²) in [6.45, 7) is 4.66. The van der Waals surface area contributed by atoms with Gasteiger partial charge in [-0.3, -0.25) is 0 Å². The fraction of sp³-hybridized carbons (Fsp3) is 0.160. The second-order valence-electron chi connectivity index (χ2n) is 7.56. The van der Waals surface area contributed by atoms with Gasteiger partial charge in [0.15, 0.2) is 5.69 Å². The van der Waals surface area contributed by atoms with Gasteiger partial charge in [-0.25, -0.2) is 0 Å². The lowest BCUT2D eigenvalue weighted by molar-refractivity contribution is 0.415. The number of rotatable bonds is 5. The number of ether oxygens (including phenoxy) is 1. The monoisotopic (exact) mass is 444 g/mol. The molecular formula is C25H24N4O2S. The molecule has 4 rings (SSSR count). The van der Waals surface area contributed by atoms with E-state index in [1.165, 1.54) is 11.1 Å². The third-order valence-electron chi connectivity index (χ3n) is 5.33. The van der Waals surface area contributed by atoms with Crippen molar-refractivity contribution in [1.82, 2.24) is 4.57 Å². The Kier molecular flexibility index (Phi) is 6.18. The number of azo groups is 1. The molecular weight excluding hydrogens is 420 g/mol. The molecule has 0 amide bonds. The second kappa shape index (κ2) is 9.20. The Labute approximate surface area is 192 Å². The van der Waals surface area contributed by atoms with Crippen LogP contribution < -0.4 is 10.1 Å². The lowest BCUT2D eigenvalue weighted by Crippen LogP contribution is -2.04. The van der Waals surface area contributed by atoms with Gasteiger partial charge in [-0.15, -0.1) is 10.2 Å². The van der Waals surface area contributed by atoms with Crippen molar-refractivity contribution >= 4 is 39.6 Å². The van der Waals surface area contributed by atoms with Crippen molar-refractivity contribution in [1.29, 1.82) is 0 Å². The van der Waals surface area contributed by atoms with Crippen molar-refractivity contribution in [3.8, 4) is 11.6 Å². The maximum absolute atomic E-state index is 11.0. The number of aromatic nitrogens is 1. The van der Waals surface area contributed by atoms with Crippen molar-refractivity contribution in [2.24, 2.45) is 10.2 Å². The molecule has 0 aliphatic rings. The Morgan fingerprint density at radius 2 is 1.81 bits per heavy atom. The summed E-state index contributed by atoms with van der Waals surface area (Å²) < 4.78 is 7.01. The second-order valence-corrected chi connectivity index (χ2v) is 7.95. The van der Waals surface area contributed by atoms with Crippen LogP contribution in [0.3, 0.4) is 0 Å². The molecule has 6 nitrogen and oxygen atoms in total. The quantitative estimate of drug-likeness (QED) is 0.272. The molecule has 162 valence electrons. The Balaban J connectivity index is 1.63.